The van der Waals surface area contributed by atoms with Crippen LogP contribution in [0.5, 0.6) is 0 Å². The van der Waals surface area contributed by atoms with Crippen LogP contribution in [-0.4, -0.2) is 53.6 Å². The first-order valence-corrected chi connectivity index (χ1v) is 8.73. The van der Waals surface area contributed by atoms with Crippen LogP contribution < -0.4 is 4.90 Å². The van der Waals surface area contributed by atoms with Crippen molar-refractivity contribution in [3.8, 4) is 0 Å². The highest BCUT2D eigenvalue weighted by molar-refractivity contribution is 7.93. The molecule has 24 heavy (non-hydrogen) atoms. The van der Waals surface area contributed by atoms with Gasteiger partial charge in [0, 0.05) is 55.2 Å². The van der Waals surface area contributed by atoms with Crippen molar-refractivity contribution in [2.75, 3.05) is 31.1 Å². The molecule has 1 aliphatic rings. The fourth-order valence-corrected chi connectivity index (χ4v) is 3.12. The van der Waals surface area contributed by atoms with Gasteiger partial charge in [-0.3, -0.25) is 0 Å². The summed E-state index contributed by atoms with van der Waals surface area (Å²) in [7, 11) is 0. The minimum absolute atomic E-state index is 0.255. The third kappa shape index (κ3) is 4.64. The lowest BCUT2D eigenvalue weighted by atomic mass is 10.1. The van der Waals surface area contributed by atoms with Crippen LogP contribution in [0.3, 0.4) is 0 Å². The zero-order chi connectivity index (χ0) is 17.7. The summed E-state index contributed by atoms with van der Waals surface area (Å²) >= 11 is 0.655. The van der Waals surface area contributed by atoms with Gasteiger partial charge in [-0.1, -0.05) is 6.07 Å². The van der Waals surface area contributed by atoms with E-state index in [9.17, 15) is 14.1 Å². The number of hydrogen-bond acceptors (Lipinski definition) is 6. The van der Waals surface area contributed by atoms with E-state index in [4.69, 9.17) is 4.74 Å². The molecule has 0 unspecified atom stereocenters. The zero-order valence-corrected chi connectivity index (χ0v) is 15.1. The van der Waals surface area contributed by atoms with Crippen LogP contribution >= 0.6 is 12.0 Å². The van der Waals surface area contributed by atoms with E-state index < -0.39 is 5.60 Å². The lowest BCUT2D eigenvalue weighted by Crippen LogP contribution is -2.50. The number of anilines is 1. The molecule has 6 nitrogen and oxygen atoms in total. The van der Waals surface area contributed by atoms with Gasteiger partial charge in [0.2, 0.25) is 0 Å². The molecule has 2 rings (SSSR count). The summed E-state index contributed by atoms with van der Waals surface area (Å²) in [6, 6.07) is 5.61. The first-order chi connectivity index (χ1) is 11.4. The van der Waals surface area contributed by atoms with E-state index >= 15 is 0 Å². The third-order valence-corrected chi connectivity index (χ3v) is 4.35. The molecule has 1 saturated heterocycles. The maximum atomic E-state index is 12.1. The molecule has 1 amide bonds. The quantitative estimate of drug-likeness (QED) is 0.663. The van der Waals surface area contributed by atoms with E-state index in [1.165, 1.54) is 0 Å². The maximum Gasteiger partial charge on any atom is 0.410 e. The van der Waals surface area contributed by atoms with Crippen LogP contribution in [0.1, 0.15) is 26.3 Å². The lowest BCUT2D eigenvalue weighted by molar-refractivity contribution is -0.107. The Hall–Kier alpha value is -1.73. The molecule has 132 valence electrons. The van der Waals surface area contributed by atoms with Crippen LogP contribution in [0, 0.1) is 0 Å². The van der Waals surface area contributed by atoms with Crippen molar-refractivity contribution in [3.63, 3.8) is 0 Å². The largest absolute Gasteiger partial charge is 0.444 e. The first kappa shape index (κ1) is 18.6. The monoisotopic (exact) mass is 352 g/mol. The number of ether oxygens (including phenoxy) is 1. The van der Waals surface area contributed by atoms with Crippen LogP contribution in [0.25, 0.3) is 0 Å². The van der Waals surface area contributed by atoms with Gasteiger partial charge < -0.3 is 23.9 Å². The highest BCUT2D eigenvalue weighted by Crippen LogP contribution is 2.30. The fraction of sp³-hybridized carbons (Fsp3) is 0.529. The molecule has 0 spiro atoms. The van der Waals surface area contributed by atoms with Crippen molar-refractivity contribution < 1.29 is 18.9 Å². The standard InChI is InChI=1S/C17H24N2O4S/c1-17(2,3)23-16(21)19-10-8-18(9-11-19)14-5-4-6-15(24-22)13(14)7-12-20/h4-6,12,22H,7-11H2,1-3H3. The summed E-state index contributed by atoms with van der Waals surface area (Å²) in [4.78, 5) is 27.6. The van der Waals surface area contributed by atoms with Gasteiger partial charge in [0.1, 0.15) is 11.9 Å². The van der Waals surface area contributed by atoms with E-state index in [-0.39, 0.29) is 12.5 Å². The molecule has 0 bridgehead atoms. The van der Waals surface area contributed by atoms with Gasteiger partial charge in [-0.05, 0) is 38.5 Å². The van der Waals surface area contributed by atoms with Gasteiger partial charge in [-0.2, -0.15) is 0 Å². The second kappa shape index (κ2) is 7.90. The number of amides is 1. The number of hydrogen-bond donors (Lipinski definition) is 1. The van der Waals surface area contributed by atoms with Gasteiger partial charge in [0.15, 0.2) is 0 Å². The SMILES string of the molecule is CC(C)(C)OC(=O)N1CCN(c2cccc(SO)c2CC=O)CC1. The Morgan fingerprint density at radius 3 is 2.50 bits per heavy atom. The number of benzene rings is 1. The summed E-state index contributed by atoms with van der Waals surface area (Å²) in [6.45, 7) is 7.99. The Morgan fingerprint density at radius 2 is 1.96 bits per heavy atom. The summed E-state index contributed by atoms with van der Waals surface area (Å²) in [5.41, 5.74) is 1.26. The van der Waals surface area contributed by atoms with Crippen molar-refractivity contribution in [1.82, 2.24) is 4.90 Å². The second-order valence-corrected chi connectivity index (χ2v) is 7.29. The number of nitrogens with zero attached hydrogens (tertiary/aromatic N) is 2. The molecule has 7 heteroatoms. The van der Waals surface area contributed by atoms with Crippen LogP contribution in [0.15, 0.2) is 23.1 Å². The number of piperazine rings is 1. The molecular formula is C17H24N2O4S. The normalized spacial score (nSPS) is 15.3. The average Bonchev–Trinajstić information content (AvgIpc) is 2.54. The predicted molar refractivity (Wildman–Crippen MR) is 94.7 cm³/mol. The van der Waals surface area contributed by atoms with Gasteiger partial charge >= 0.3 is 6.09 Å². The van der Waals surface area contributed by atoms with Gasteiger partial charge in [0.25, 0.3) is 0 Å². The molecule has 1 aliphatic heterocycles. The lowest BCUT2D eigenvalue weighted by Gasteiger charge is -2.37. The molecule has 0 aromatic heterocycles. The van der Waals surface area contributed by atoms with E-state index in [0.717, 1.165) is 17.5 Å². The Morgan fingerprint density at radius 1 is 1.29 bits per heavy atom. The molecule has 1 aromatic rings. The maximum absolute atomic E-state index is 12.1. The molecule has 1 fully saturated rings. The van der Waals surface area contributed by atoms with E-state index in [1.54, 1.807) is 11.0 Å². The van der Waals surface area contributed by atoms with Crippen molar-refractivity contribution >= 4 is 30.1 Å². The van der Waals surface area contributed by atoms with Gasteiger partial charge in [-0.15, -0.1) is 0 Å². The van der Waals surface area contributed by atoms with Crippen molar-refractivity contribution in [1.29, 1.82) is 0 Å². The molecule has 1 heterocycles. The summed E-state index contributed by atoms with van der Waals surface area (Å²) in [5.74, 6) is 0. The summed E-state index contributed by atoms with van der Waals surface area (Å²) in [5, 5.41) is 0. The zero-order valence-electron chi connectivity index (χ0n) is 14.3. The third-order valence-electron chi connectivity index (χ3n) is 3.77. The van der Waals surface area contributed by atoms with E-state index in [1.807, 2.05) is 32.9 Å². The minimum Gasteiger partial charge on any atom is -0.444 e. The van der Waals surface area contributed by atoms with Crippen molar-refractivity contribution in [3.05, 3.63) is 23.8 Å². The van der Waals surface area contributed by atoms with Crippen LogP contribution in [-0.2, 0) is 16.0 Å². The van der Waals surface area contributed by atoms with Gasteiger partial charge in [0.05, 0.1) is 0 Å². The average molecular weight is 352 g/mol. The Bertz CT molecular complexity index is 593. The molecule has 0 radical (unpaired) electrons. The Kier molecular flexibility index (Phi) is 6.12. The minimum atomic E-state index is -0.502. The molecule has 0 aliphatic carbocycles. The number of carbonyl (C=O) groups excluding carboxylic acids is 2. The summed E-state index contributed by atoms with van der Waals surface area (Å²) < 4.78 is 14.8. The van der Waals surface area contributed by atoms with Crippen LogP contribution in [0.2, 0.25) is 0 Å². The molecule has 1 aromatic carbocycles. The molecule has 0 atom stereocenters. The highest BCUT2D eigenvalue weighted by atomic mass is 32.2. The Balaban J connectivity index is 2.07. The first-order valence-electron chi connectivity index (χ1n) is 7.95. The van der Waals surface area contributed by atoms with Crippen molar-refractivity contribution in [2.45, 2.75) is 37.7 Å². The summed E-state index contributed by atoms with van der Waals surface area (Å²) in [6.07, 6.45) is 0.802. The molecule has 0 saturated carbocycles. The highest BCUT2D eigenvalue weighted by Gasteiger charge is 2.27. The van der Waals surface area contributed by atoms with E-state index in [2.05, 4.69) is 4.90 Å². The number of aldehydes is 1. The topological polar surface area (TPSA) is 70.1 Å². The number of carbonyl (C=O) groups is 2. The van der Waals surface area contributed by atoms with Crippen molar-refractivity contribution in [2.24, 2.45) is 0 Å². The van der Waals surface area contributed by atoms with Crippen LogP contribution in [0.4, 0.5) is 10.5 Å². The Labute approximate surface area is 147 Å². The number of rotatable bonds is 4. The molecular weight excluding hydrogens is 328 g/mol. The van der Waals surface area contributed by atoms with E-state index in [0.29, 0.717) is 43.1 Å². The smallest absolute Gasteiger partial charge is 0.410 e. The van der Waals surface area contributed by atoms with Gasteiger partial charge in [-0.25, -0.2) is 4.79 Å². The molecule has 1 N–H and O–H groups in total. The second-order valence-electron chi connectivity index (χ2n) is 6.67. The predicted octanol–water partition coefficient (Wildman–Crippen LogP) is 3.05. The fourth-order valence-electron chi connectivity index (χ4n) is 2.68.